The third-order valence-corrected chi connectivity index (χ3v) is 8.24. The Hall–Kier alpha value is -4.28. The zero-order valence-electron chi connectivity index (χ0n) is 21.8. The summed E-state index contributed by atoms with van der Waals surface area (Å²) < 4.78 is 54.1. The summed E-state index contributed by atoms with van der Waals surface area (Å²) in [6.07, 6.45) is -1.03. The van der Waals surface area contributed by atoms with Crippen LogP contribution in [0.3, 0.4) is 0 Å². The molecule has 1 amide bonds. The summed E-state index contributed by atoms with van der Waals surface area (Å²) in [5.41, 5.74) is 2.38. The molecule has 0 bridgehead atoms. The molecule has 6 rings (SSSR count). The van der Waals surface area contributed by atoms with E-state index in [2.05, 4.69) is 15.6 Å². The molecule has 0 radical (unpaired) electrons. The van der Waals surface area contributed by atoms with Crippen molar-refractivity contribution in [3.63, 3.8) is 0 Å². The van der Waals surface area contributed by atoms with Crippen molar-refractivity contribution in [2.75, 3.05) is 0 Å². The van der Waals surface area contributed by atoms with Gasteiger partial charge in [-0.3, -0.25) is 9.59 Å². The smallest absolute Gasteiger partial charge is 0.416 e. The lowest BCUT2D eigenvalue weighted by molar-refractivity contribution is -0.142. The topological polar surface area (TPSA) is 97.1 Å². The van der Waals surface area contributed by atoms with Crippen molar-refractivity contribution in [3.8, 4) is 11.1 Å². The van der Waals surface area contributed by atoms with E-state index >= 15 is 0 Å². The number of fused-ring (bicyclic) bond motifs is 1. The highest BCUT2D eigenvalue weighted by Gasteiger charge is 2.53. The average molecular weight is 567 g/mol. The van der Waals surface area contributed by atoms with Gasteiger partial charge in [0.2, 0.25) is 0 Å². The minimum Gasteiger partial charge on any atom is -0.481 e. The molecule has 0 aliphatic heterocycles. The second-order valence-electron chi connectivity index (χ2n) is 11.3. The SMILES string of the molecule is O=C(O)CC1CC2(C1)CC(NC(=O)c1cc(-c3ccc(F)cc3)cc3nnn(Cc4ccc(C(F)(F)F)cc4)c13)C2. The van der Waals surface area contributed by atoms with E-state index in [4.69, 9.17) is 5.11 Å². The number of hydrogen-bond donors (Lipinski definition) is 2. The molecule has 2 N–H and O–H groups in total. The fourth-order valence-corrected chi connectivity index (χ4v) is 6.42. The number of aromatic nitrogens is 3. The number of carboxylic acids is 1. The Morgan fingerprint density at radius 1 is 0.976 bits per heavy atom. The summed E-state index contributed by atoms with van der Waals surface area (Å²) in [4.78, 5) is 24.6. The normalized spacial score (nSPS) is 21.9. The molecule has 2 saturated carbocycles. The maximum Gasteiger partial charge on any atom is 0.416 e. The minimum atomic E-state index is -4.45. The molecule has 2 aliphatic carbocycles. The molecular weight excluding hydrogens is 540 g/mol. The van der Waals surface area contributed by atoms with E-state index in [1.54, 1.807) is 24.3 Å². The lowest BCUT2D eigenvalue weighted by atomic mass is 9.49. The Morgan fingerprint density at radius 2 is 1.66 bits per heavy atom. The quantitative estimate of drug-likeness (QED) is 0.265. The number of amides is 1. The molecule has 11 heteroatoms. The van der Waals surface area contributed by atoms with Gasteiger partial charge in [0.1, 0.15) is 16.9 Å². The molecule has 1 spiro atoms. The van der Waals surface area contributed by atoms with Gasteiger partial charge in [0, 0.05) is 12.5 Å². The number of carbonyl (C=O) groups is 2. The van der Waals surface area contributed by atoms with Gasteiger partial charge in [0.25, 0.3) is 5.91 Å². The molecule has 4 aromatic rings. The first-order chi connectivity index (χ1) is 19.5. The molecule has 1 aromatic heterocycles. The van der Waals surface area contributed by atoms with Gasteiger partial charge in [-0.05, 0) is 90.1 Å². The van der Waals surface area contributed by atoms with Gasteiger partial charge in [0.05, 0.1) is 17.7 Å². The third-order valence-electron chi connectivity index (χ3n) is 8.24. The average Bonchev–Trinajstić information content (AvgIpc) is 3.28. The molecule has 41 heavy (non-hydrogen) atoms. The highest BCUT2D eigenvalue weighted by molar-refractivity contribution is 6.06. The summed E-state index contributed by atoms with van der Waals surface area (Å²) in [6, 6.07) is 14.0. The number of alkyl halides is 3. The molecule has 7 nitrogen and oxygen atoms in total. The maximum absolute atomic E-state index is 13.6. The van der Waals surface area contributed by atoms with Crippen LogP contribution in [-0.2, 0) is 17.5 Å². The first-order valence-corrected chi connectivity index (χ1v) is 13.3. The summed E-state index contributed by atoms with van der Waals surface area (Å²) >= 11 is 0. The van der Waals surface area contributed by atoms with Crippen molar-refractivity contribution in [2.45, 2.75) is 50.9 Å². The van der Waals surface area contributed by atoms with Crippen LogP contribution >= 0.6 is 0 Å². The van der Waals surface area contributed by atoms with E-state index in [1.165, 1.54) is 28.9 Å². The fraction of sp³-hybridized carbons (Fsp3) is 0.333. The molecule has 2 fully saturated rings. The van der Waals surface area contributed by atoms with Crippen LogP contribution in [0.2, 0.25) is 0 Å². The third kappa shape index (κ3) is 5.40. The van der Waals surface area contributed by atoms with Crippen LogP contribution in [-0.4, -0.2) is 38.0 Å². The highest BCUT2D eigenvalue weighted by atomic mass is 19.4. The van der Waals surface area contributed by atoms with Crippen LogP contribution in [0.4, 0.5) is 17.6 Å². The minimum absolute atomic E-state index is 0.0583. The van der Waals surface area contributed by atoms with E-state index in [0.717, 1.165) is 37.8 Å². The van der Waals surface area contributed by atoms with Crippen LogP contribution in [0.5, 0.6) is 0 Å². The Labute approximate surface area is 232 Å². The van der Waals surface area contributed by atoms with Crippen LogP contribution in [0.1, 0.15) is 53.6 Å². The van der Waals surface area contributed by atoms with Gasteiger partial charge in [0.15, 0.2) is 0 Å². The van der Waals surface area contributed by atoms with Crippen molar-refractivity contribution in [2.24, 2.45) is 11.3 Å². The number of aliphatic carboxylic acids is 1. The molecule has 2 aliphatic rings. The maximum atomic E-state index is 13.6. The summed E-state index contributed by atoms with van der Waals surface area (Å²) in [6.45, 7) is 0.0995. The largest absolute Gasteiger partial charge is 0.481 e. The number of carbonyl (C=O) groups excluding carboxylic acids is 1. The van der Waals surface area contributed by atoms with Crippen molar-refractivity contribution >= 4 is 22.9 Å². The molecule has 212 valence electrons. The predicted molar refractivity (Wildman–Crippen MR) is 141 cm³/mol. The molecular formula is C30H26F4N4O3. The van der Waals surface area contributed by atoms with Crippen molar-refractivity contribution in [3.05, 3.63) is 83.2 Å². The van der Waals surface area contributed by atoms with Gasteiger partial charge in [-0.15, -0.1) is 5.10 Å². The van der Waals surface area contributed by atoms with Crippen molar-refractivity contribution in [1.82, 2.24) is 20.3 Å². The molecule has 1 heterocycles. The Morgan fingerprint density at radius 3 is 2.29 bits per heavy atom. The second-order valence-corrected chi connectivity index (χ2v) is 11.3. The summed E-state index contributed by atoms with van der Waals surface area (Å²) in [5, 5.41) is 20.5. The zero-order valence-corrected chi connectivity index (χ0v) is 21.8. The number of nitrogens with one attached hydrogen (secondary N) is 1. The van der Waals surface area contributed by atoms with Crippen LogP contribution in [0.15, 0.2) is 60.7 Å². The number of hydrogen-bond acceptors (Lipinski definition) is 4. The molecule has 0 unspecified atom stereocenters. The fourth-order valence-electron chi connectivity index (χ4n) is 6.42. The Kier molecular flexibility index (Phi) is 6.55. The second kappa shape index (κ2) is 9.97. The molecule has 0 saturated heterocycles. The lowest BCUT2D eigenvalue weighted by Crippen LogP contribution is -2.56. The summed E-state index contributed by atoms with van der Waals surface area (Å²) in [5.74, 6) is -1.34. The lowest BCUT2D eigenvalue weighted by Gasteiger charge is -2.57. The van der Waals surface area contributed by atoms with E-state index in [0.29, 0.717) is 33.3 Å². The van der Waals surface area contributed by atoms with Gasteiger partial charge in [-0.1, -0.05) is 29.5 Å². The molecule has 0 atom stereocenters. The van der Waals surface area contributed by atoms with Gasteiger partial charge >= 0.3 is 12.1 Å². The van der Waals surface area contributed by atoms with Crippen LogP contribution in [0, 0.1) is 17.2 Å². The number of carboxylic acid groups (broad SMARTS) is 1. The highest BCUT2D eigenvalue weighted by Crippen LogP contribution is 2.59. The van der Waals surface area contributed by atoms with Crippen molar-refractivity contribution in [1.29, 1.82) is 0 Å². The Balaban J connectivity index is 1.27. The van der Waals surface area contributed by atoms with Crippen molar-refractivity contribution < 1.29 is 32.3 Å². The van der Waals surface area contributed by atoms with E-state index in [9.17, 15) is 27.2 Å². The number of halogens is 4. The van der Waals surface area contributed by atoms with Gasteiger partial charge in [-0.25, -0.2) is 9.07 Å². The summed E-state index contributed by atoms with van der Waals surface area (Å²) in [7, 11) is 0. The van der Waals surface area contributed by atoms with E-state index in [-0.39, 0.29) is 36.2 Å². The number of benzene rings is 3. The van der Waals surface area contributed by atoms with E-state index < -0.39 is 23.5 Å². The monoisotopic (exact) mass is 566 g/mol. The predicted octanol–water partition coefficient (Wildman–Crippen LogP) is 6.07. The standard InChI is InChI=1S/C30H26F4N4O3/c31-22-7-3-19(4-8-22)20-10-24(28(41)35-23-14-29(15-23)12-18(13-29)9-26(39)40)27-25(11-20)36-37-38(27)16-17-1-5-21(6-2-17)30(32,33)34/h1-8,10-11,18,23H,9,12-16H2,(H,35,41)(H,39,40). The number of nitrogens with zero attached hydrogens (tertiary/aromatic N) is 3. The zero-order chi connectivity index (χ0) is 28.9. The first-order valence-electron chi connectivity index (χ1n) is 13.3. The molecule has 3 aromatic carbocycles. The van der Waals surface area contributed by atoms with E-state index in [1.807, 2.05) is 0 Å². The number of rotatable bonds is 7. The van der Waals surface area contributed by atoms with Gasteiger partial charge < -0.3 is 10.4 Å². The Bertz CT molecular complexity index is 1620. The van der Waals surface area contributed by atoms with Crippen LogP contribution in [0.25, 0.3) is 22.2 Å². The van der Waals surface area contributed by atoms with Crippen LogP contribution < -0.4 is 5.32 Å². The van der Waals surface area contributed by atoms with Gasteiger partial charge in [-0.2, -0.15) is 13.2 Å². The first kappa shape index (κ1) is 26.9.